The predicted molar refractivity (Wildman–Crippen MR) is 88.0 cm³/mol. The van der Waals surface area contributed by atoms with E-state index in [2.05, 4.69) is 20.4 Å². The second-order valence-corrected chi connectivity index (χ2v) is 5.56. The molecule has 0 aliphatic rings. The minimum atomic E-state index is -0.920. The van der Waals surface area contributed by atoms with Crippen LogP contribution in [0.3, 0.4) is 0 Å². The van der Waals surface area contributed by atoms with Crippen LogP contribution in [0.2, 0.25) is 0 Å². The van der Waals surface area contributed by atoms with Gasteiger partial charge in [-0.15, -0.1) is 6.58 Å². The summed E-state index contributed by atoms with van der Waals surface area (Å²) in [6, 6.07) is 0. The summed E-state index contributed by atoms with van der Waals surface area (Å²) in [7, 11) is 0. The molecule has 0 amide bonds. The van der Waals surface area contributed by atoms with Crippen LogP contribution in [-0.4, -0.2) is 17.2 Å². The van der Waals surface area contributed by atoms with Gasteiger partial charge < -0.3 is 15.0 Å². The molecule has 4 heteroatoms. The minimum absolute atomic E-state index is 0. The number of hydrogen-bond acceptors (Lipinski definition) is 3. The van der Waals surface area contributed by atoms with Crippen molar-refractivity contribution >= 4 is 5.97 Å². The van der Waals surface area contributed by atoms with Gasteiger partial charge in [0.1, 0.15) is 0 Å². The smallest absolute Gasteiger partial charge is 0.550 e. The third-order valence-electron chi connectivity index (χ3n) is 3.31. The van der Waals surface area contributed by atoms with Gasteiger partial charge in [0.05, 0.1) is 6.10 Å². The van der Waals surface area contributed by atoms with Crippen molar-refractivity contribution in [3.63, 3.8) is 0 Å². The number of aliphatic hydroxyl groups is 1. The molecule has 0 unspecified atom stereocenters. The molecular weight excluding hydrogens is 287 g/mol. The van der Waals surface area contributed by atoms with Crippen molar-refractivity contribution < 1.29 is 44.6 Å². The number of carboxylic acids is 1. The molecule has 0 rings (SSSR count). The number of hydrogen-bond donors (Lipinski definition) is 1. The van der Waals surface area contributed by atoms with Gasteiger partial charge >= 0.3 is 29.6 Å². The van der Waals surface area contributed by atoms with Crippen molar-refractivity contribution in [1.29, 1.82) is 0 Å². The van der Waals surface area contributed by atoms with Gasteiger partial charge in [0.25, 0.3) is 0 Å². The maximum Gasteiger partial charge on any atom is 1.00 e. The predicted octanol–water partition coefficient (Wildman–Crippen LogP) is 0.995. The topological polar surface area (TPSA) is 60.4 Å². The summed E-state index contributed by atoms with van der Waals surface area (Å²) < 4.78 is 0. The minimum Gasteiger partial charge on any atom is -0.550 e. The second kappa shape index (κ2) is 23.4. The van der Waals surface area contributed by atoms with Crippen molar-refractivity contribution in [2.24, 2.45) is 0 Å². The maximum atomic E-state index is 9.92. The summed E-state index contributed by atoms with van der Waals surface area (Å²) in [5, 5.41) is 19.2. The fourth-order valence-electron chi connectivity index (χ4n) is 1.99. The molecule has 1 atom stereocenters. The van der Waals surface area contributed by atoms with Gasteiger partial charge in [-0.2, -0.15) is 0 Å². The van der Waals surface area contributed by atoms with Crippen molar-refractivity contribution in [1.82, 2.24) is 0 Å². The molecule has 22 heavy (non-hydrogen) atoms. The van der Waals surface area contributed by atoms with E-state index in [1.165, 1.54) is 32.1 Å². The molecule has 0 aromatic rings. The zero-order valence-electron chi connectivity index (χ0n) is 15.1. The normalized spacial score (nSPS) is 10.9. The van der Waals surface area contributed by atoms with E-state index in [0.29, 0.717) is 0 Å². The Hall–Kier alpha value is 0.170. The van der Waals surface area contributed by atoms with Crippen molar-refractivity contribution in [3.05, 3.63) is 12.7 Å². The molecule has 0 aromatic carbocycles. The molecule has 0 radical (unpaired) electrons. The monoisotopic (exact) mass is 322 g/mol. The quantitative estimate of drug-likeness (QED) is 0.313. The first-order valence-electron chi connectivity index (χ1n) is 8.57. The summed E-state index contributed by atoms with van der Waals surface area (Å²) in [6.45, 7) is 7.92. The average molecular weight is 322 g/mol. The summed E-state index contributed by atoms with van der Waals surface area (Å²) in [4.78, 5) is 9.92. The summed E-state index contributed by atoms with van der Waals surface area (Å²) in [6.07, 6.45) is 13.9. The SMILES string of the molecule is C=CC[C@H](O)CCCCCC.CCCCCCCC(=O)[O-].[Na+]. The number of unbranched alkanes of at least 4 members (excludes halogenated alkanes) is 7. The van der Waals surface area contributed by atoms with E-state index >= 15 is 0 Å². The van der Waals surface area contributed by atoms with Gasteiger partial charge in [0, 0.05) is 5.97 Å². The number of carboxylic acid groups (broad SMARTS) is 1. The summed E-state index contributed by atoms with van der Waals surface area (Å²) >= 11 is 0. The Morgan fingerprint density at radius 3 is 2.00 bits per heavy atom. The van der Waals surface area contributed by atoms with Gasteiger partial charge in [-0.3, -0.25) is 0 Å². The first-order chi connectivity index (χ1) is 10.1. The van der Waals surface area contributed by atoms with Crippen LogP contribution in [0.15, 0.2) is 12.7 Å². The van der Waals surface area contributed by atoms with Crippen LogP contribution in [0.1, 0.15) is 90.9 Å². The molecule has 0 saturated carbocycles. The fraction of sp³-hybridized carbons (Fsp3) is 0.833. The molecule has 0 heterocycles. The fourth-order valence-corrected chi connectivity index (χ4v) is 1.99. The van der Waals surface area contributed by atoms with E-state index in [9.17, 15) is 15.0 Å². The van der Waals surface area contributed by atoms with Crippen LogP contribution in [-0.2, 0) is 4.79 Å². The van der Waals surface area contributed by atoms with Crippen LogP contribution in [0.5, 0.6) is 0 Å². The summed E-state index contributed by atoms with van der Waals surface area (Å²) in [5.41, 5.74) is 0. The maximum absolute atomic E-state index is 9.92. The second-order valence-electron chi connectivity index (χ2n) is 5.56. The molecule has 0 bridgehead atoms. The standard InChI is InChI=1S/C10H20O.C8H16O2.Na/c1-3-5-6-7-9-10(11)8-4-2;1-2-3-4-5-6-7-8(9)10;/h4,10-11H,2-3,5-9H2,1H3;2-7H2,1H3,(H,9,10);/q;;+1/p-1/t10-;;/m0../s1. The van der Waals surface area contributed by atoms with E-state index in [4.69, 9.17) is 0 Å². The third kappa shape index (κ3) is 28.3. The van der Waals surface area contributed by atoms with Gasteiger partial charge in [-0.05, 0) is 25.7 Å². The van der Waals surface area contributed by atoms with Crippen LogP contribution >= 0.6 is 0 Å². The molecule has 126 valence electrons. The Labute approximate surface area is 159 Å². The molecule has 1 N–H and O–H groups in total. The number of carbonyl (C=O) groups is 1. The van der Waals surface area contributed by atoms with Crippen molar-refractivity contribution in [2.45, 2.75) is 97.0 Å². The number of rotatable bonds is 13. The zero-order chi connectivity index (χ0) is 16.3. The Bertz CT molecular complexity index is 232. The van der Waals surface area contributed by atoms with Gasteiger partial charge in [-0.1, -0.05) is 71.3 Å². The van der Waals surface area contributed by atoms with Crippen molar-refractivity contribution in [2.75, 3.05) is 0 Å². The molecule has 3 nitrogen and oxygen atoms in total. The van der Waals surface area contributed by atoms with E-state index in [-0.39, 0.29) is 42.1 Å². The molecule has 0 aliphatic heterocycles. The Morgan fingerprint density at radius 1 is 1.05 bits per heavy atom. The average Bonchev–Trinajstić information content (AvgIpc) is 2.44. The van der Waals surface area contributed by atoms with Crippen LogP contribution < -0.4 is 34.7 Å². The Kier molecular flexibility index (Phi) is 28.8. The molecule has 0 aromatic heterocycles. The number of aliphatic hydroxyl groups excluding tert-OH is 1. The van der Waals surface area contributed by atoms with Gasteiger partial charge in [0.2, 0.25) is 0 Å². The molecule has 0 spiro atoms. The van der Waals surface area contributed by atoms with E-state index < -0.39 is 5.97 Å². The van der Waals surface area contributed by atoms with Crippen LogP contribution in [0.4, 0.5) is 0 Å². The first-order valence-corrected chi connectivity index (χ1v) is 8.57. The largest absolute Gasteiger partial charge is 1.00 e. The van der Waals surface area contributed by atoms with E-state index in [0.717, 1.165) is 38.5 Å². The molecule has 0 aliphatic carbocycles. The number of carbonyl (C=O) groups excluding carboxylic acids is 1. The van der Waals surface area contributed by atoms with Crippen LogP contribution in [0.25, 0.3) is 0 Å². The Morgan fingerprint density at radius 2 is 1.55 bits per heavy atom. The number of aliphatic carboxylic acids is 1. The third-order valence-corrected chi connectivity index (χ3v) is 3.31. The van der Waals surface area contributed by atoms with Gasteiger partial charge in [-0.25, -0.2) is 0 Å². The van der Waals surface area contributed by atoms with Gasteiger partial charge in [0.15, 0.2) is 0 Å². The summed E-state index contributed by atoms with van der Waals surface area (Å²) in [5.74, 6) is -0.920. The molecule has 0 fully saturated rings. The molecular formula is C18H35NaO3. The van der Waals surface area contributed by atoms with E-state index in [1.807, 2.05) is 0 Å². The van der Waals surface area contributed by atoms with Crippen LogP contribution in [0, 0.1) is 0 Å². The first kappa shape index (κ1) is 27.0. The molecule has 0 saturated heterocycles. The van der Waals surface area contributed by atoms with Crippen molar-refractivity contribution in [3.8, 4) is 0 Å². The van der Waals surface area contributed by atoms with E-state index in [1.54, 1.807) is 6.08 Å². The Balaban J connectivity index is -0.000000315. The zero-order valence-corrected chi connectivity index (χ0v) is 17.1.